The lowest BCUT2D eigenvalue weighted by atomic mass is 9.73. The predicted molar refractivity (Wildman–Crippen MR) is 95.6 cm³/mol. The van der Waals surface area contributed by atoms with E-state index in [4.69, 9.17) is 4.74 Å². The van der Waals surface area contributed by atoms with E-state index in [1.165, 1.54) is 6.07 Å². The van der Waals surface area contributed by atoms with Crippen LogP contribution >= 0.6 is 0 Å². The topological polar surface area (TPSA) is 50.6 Å². The molecule has 0 radical (unpaired) electrons. The van der Waals surface area contributed by atoms with Gasteiger partial charge in [-0.3, -0.25) is 9.48 Å². The van der Waals surface area contributed by atoms with Gasteiger partial charge in [0, 0.05) is 45.7 Å². The van der Waals surface area contributed by atoms with Gasteiger partial charge in [0.25, 0.3) is 5.91 Å². The van der Waals surface area contributed by atoms with E-state index in [0.29, 0.717) is 18.8 Å². The Morgan fingerprint density at radius 1 is 1.31 bits per heavy atom. The van der Waals surface area contributed by atoms with Gasteiger partial charge in [-0.1, -0.05) is 6.07 Å². The summed E-state index contributed by atoms with van der Waals surface area (Å²) >= 11 is 0. The zero-order chi connectivity index (χ0) is 18.3. The van der Waals surface area contributed by atoms with Crippen LogP contribution in [0.5, 0.6) is 0 Å². The van der Waals surface area contributed by atoms with Gasteiger partial charge in [-0.2, -0.15) is 5.10 Å². The van der Waals surface area contributed by atoms with Crippen molar-refractivity contribution in [2.45, 2.75) is 24.5 Å². The van der Waals surface area contributed by atoms with Gasteiger partial charge in [0.2, 0.25) is 0 Å². The summed E-state index contributed by atoms with van der Waals surface area (Å²) < 4.78 is 21.0. The number of rotatable bonds is 3. The Morgan fingerprint density at radius 2 is 2.08 bits per heavy atom. The molecule has 0 saturated carbocycles. The van der Waals surface area contributed by atoms with E-state index in [0.717, 1.165) is 25.1 Å². The second-order valence-corrected chi connectivity index (χ2v) is 7.05. The van der Waals surface area contributed by atoms with Crippen LogP contribution in [0.4, 0.5) is 10.1 Å². The molecule has 2 aliphatic heterocycles. The maximum Gasteiger partial charge on any atom is 0.272 e. The molecule has 2 aliphatic rings. The fourth-order valence-corrected chi connectivity index (χ4v) is 4.31. The van der Waals surface area contributed by atoms with Gasteiger partial charge in [-0.05, 0) is 37.1 Å². The Labute approximate surface area is 152 Å². The lowest BCUT2D eigenvalue weighted by molar-refractivity contribution is -0.0434. The van der Waals surface area contributed by atoms with E-state index in [2.05, 4.69) is 10.00 Å². The first-order valence-electron chi connectivity index (χ1n) is 8.88. The molecule has 0 aliphatic carbocycles. The second kappa shape index (κ2) is 6.39. The maximum atomic E-state index is 13.7. The molecule has 1 amide bonds. The number of hydrogen-bond donors (Lipinski definition) is 0. The maximum absolute atomic E-state index is 13.7. The minimum absolute atomic E-state index is 0.00504. The number of benzene rings is 1. The van der Waals surface area contributed by atoms with E-state index in [1.807, 2.05) is 11.0 Å². The molecule has 3 heterocycles. The molecular formula is C19H23FN4O2. The third-order valence-corrected chi connectivity index (χ3v) is 5.85. The van der Waals surface area contributed by atoms with Crippen LogP contribution in [0.15, 0.2) is 36.5 Å². The van der Waals surface area contributed by atoms with E-state index in [9.17, 15) is 9.18 Å². The van der Waals surface area contributed by atoms with E-state index >= 15 is 0 Å². The number of halogens is 1. The van der Waals surface area contributed by atoms with E-state index in [-0.39, 0.29) is 23.4 Å². The average molecular weight is 358 g/mol. The van der Waals surface area contributed by atoms with Crippen LogP contribution in [-0.2, 0) is 11.8 Å². The molecule has 1 spiro atoms. The van der Waals surface area contributed by atoms with Gasteiger partial charge < -0.3 is 14.5 Å². The van der Waals surface area contributed by atoms with Crippen LogP contribution < -0.4 is 4.90 Å². The predicted octanol–water partition coefficient (Wildman–Crippen LogP) is 2.07. The molecule has 6 nitrogen and oxygen atoms in total. The fraction of sp³-hybridized carbons (Fsp3) is 0.474. The van der Waals surface area contributed by atoms with Crippen molar-refractivity contribution in [2.75, 3.05) is 31.6 Å². The zero-order valence-corrected chi connectivity index (χ0v) is 15.1. The molecule has 7 heteroatoms. The smallest absolute Gasteiger partial charge is 0.272 e. The van der Waals surface area contributed by atoms with Crippen molar-refractivity contribution in [2.24, 2.45) is 7.05 Å². The summed E-state index contributed by atoms with van der Waals surface area (Å²) in [6, 6.07) is 8.44. The van der Waals surface area contributed by atoms with Crippen LogP contribution in [0, 0.1) is 5.82 Å². The summed E-state index contributed by atoms with van der Waals surface area (Å²) in [4.78, 5) is 16.8. The van der Waals surface area contributed by atoms with E-state index < -0.39 is 0 Å². The number of anilines is 1. The van der Waals surface area contributed by atoms with Crippen LogP contribution in [0.25, 0.3) is 0 Å². The summed E-state index contributed by atoms with van der Waals surface area (Å²) in [5.74, 6) is -0.229. The number of ether oxygens (including phenoxy) is 1. The highest BCUT2D eigenvalue weighted by atomic mass is 19.1. The van der Waals surface area contributed by atoms with Gasteiger partial charge in [-0.15, -0.1) is 0 Å². The number of likely N-dealkylation sites (tertiary alicyclic amines) is 1. The number of hydrogen-bond acceptors (Lipinski definition) is 4. The SMILES string of the molecule is COC1CN(c2cccc(F)c2)C12CCN(C(=O)c1ccnn1C)CC2. The highest BCUT2D eigenvalue weighted by molar-refractivity contribution is 5.92. The fourth-order valence-electron chi connectivity index (χ4n) is 4.31. The summed E-state index contributed by atoms with van der Waals surface area (Å²) in [7, 11) is 3.50. The minimum atomic E-state index is -0.234. The summed E-state index contributed by atoms with van der Waals surface area (Å²) in [5, 5.41) is 4.08. The molecule has 0 N–H and O–H groups in total. The Kier molecular flexibility index (Phi) is 4.19. The molecule has 0 bridgehead atoms. The monoisotopic (exact) mass is 358 g/mol. The van der Waals surface area contributed by atoms with Crippen molar-refractivity contribution < 1.29 is 13.9 Å². The Balaban J connectivity index is 1.52. The number of carbonyl (C=O) groups excluding carboxylic acids is 1. The van der Waals surface area contributed by atoms with Gasteiger partial charge in [-0.25, -0.2) is 4.39 Å². The van der Waals surface area contributed by atoms with Crippen molar-refractivity contribution in [3.63, 3.8) is 0 Å². The van der Waals surface area contributed by atoms with Crippen LogP contribution in [0.2, 0.25) is 0 Å². The lowest BCUT2D eigenvalue weighted by Gasteiger charge is -2.61. The van der Waals surface area contributed by atoms with Gasteiger partial charge in [0.05, 0.1) is 11.6 Å². The summed E-state index contributed by atoms with van der Waals surface area (Å²) in [5.41, 5.74) is 1.30. The molecule has 1 aromatic carbocycles. The first-order valence-corrected chi connectivity index (χ1v) is 8.88. The van der Waals surface area contributed by atoms with Crippen LogP contribution in [0.1, 0.15) is 23.3 Å². The molecule has 2 fully saturated rings. The molecular weight excluding hydrogens is 335 g/mol. The Bertz CT molecular complexity index is 813. The largest absolute Gasteiger partial charge is 0.377 e. The van der Waals surface area contributed by atoms with Crippen molar-refractivity contribution >= 4 is 11.6 Å². The third-order valence-electron chi connectivity index (χ3n) is 5.85. The molecule has 4 rings (SSSR count). The number of aromatic nitrogens is 2. The Morgan fingerprint density at radius 3 is 2.69 bits per heavy atom. The number of amides is 1. The molecule has 26 heavy (non-hydrogen) atoms. The first-order chi connectivity index (χ1) is 12.5. The minimum Gasteiger partial charge on any atom is -0.377 e. The van der Waals surface area contributed by atoms with Crippen molar-refractivity contribution in [3.8, 4) is 0 Å². The number of carbonyl (C=O) groups is 1. The van der Waals surface area contributed by atoms with Gasteiger partial charge in [0.15, 0.2) is 0 Å². The van der Waals surface area contributed by atoms with Crippen LogP contribution in [-0.4, -0.2) is 59.0 Å². The number of methoxy groups -OCH3 is 1. The van der Waals surface area contributed by atoms with E-state index in [1.54, 1.807) is 43.2 Å². The molecule has 1 atom stereocenters. The first kappa shape index (κ1) is 17.0. The van der Waals surface area contributed by atoms with Crippen molar-refractivity contribution in [1.29, 1.82) is 0 Å². The zero-order valence-electron chi connectivity index (χ0n) is 15.1. The van der Waals surface area contributed by atoms with Crippen molar-refractivity contribution in [1.82, 2.24) is 14.7 Å². The number of piperidine rings is 1. The van der Waals surface area contributed by atoms with Crippen molar-refractivity contribution in [3.05, 3.63) is 48.0 Å². The van der Waals surface area contributed by atoms with Gasteiger partial charge >= 0.3 is 0 Å². The van der Waals surface area contributed by atoms with Crippen LogP contribution in [0.3, 0.4) is 0 Å². The highest BCUT2D eigenvalue weighted by Crippen LogP contribution is 2.44. The highest BCUT2D eigenvalue weighted by Gasteiger charge is 2.55. The number of aryl methyl sites for hydroxylation is 1. The summed E-state index contributed by atoms with van der Waals surface area (Å²) in [6.07, 6.45) is 3.33. The second-order valence-electron chi connectivity index (χ2n) is 7.05. The quantitative estimate of drug-likeness (QED) is 0.843. The normalized spacial score (nSPS) is 21.7. The number of nitrogens with zero attached hydrogens (tertiary/aromatic N) is 4. The summed E-state index contributed by atoms with van der Waals surface area (Å²) in [6.45, 7) is 2.04. The molecule has 1 unspecified atom stereocenters. The molecule has 138 valence electrons. The standard InChI is InChI=1S/C19H23FN4O2/c1-22-16(6-9-21-22)18(25)23-10-7-19(8-11-23)17(26-2)13-24(19)15-5-3-4-14(20)12-15/h3-6,9,12,17H,7-8,10-11,13H2,1-2H3. The molecule has 1 aromatic heterocycles. The Hall–Kier alpha value is -2.41. The average Bonchev–Trinajstić information content (AvgIpc) is 3.07. The third kappa shape index (κ3) is 2.58. The molecule has 2 aromatic rings. The molecule has 2 saturated heterocycles. The lowest BCUT2D eigenvalue weighted by Crippen LogP contribution is -2.74. The van der Waals surface area contributed by atoms with Gasteiger partial charge in [0.1, 0.15) is 11.5 Å².